The van der Waals surface area contributed by atoms with E-state index in [0.29, 0.717) is 17.0 Å². The Morgan fingerprint density at radius 1 is 1.43 bits per heavy atom. The van der Waals surface area contributed by atoms with Gasteiger partial charge in [-0.1, -0.05) is 28.1 Å². The van der Waals surface area contributed by atoms with E-state index in [1.807, 2.05) is 32.0 Å². The number of halogens is 2. The van der Waals surface area contributed by atoms with Gasteiger partial charge < -0.3 is 9.72 Å². The van der Waals surface area contributed by atoms with Crippen LogP contribution in [-0.4, -0.2) is 22.5 Å². The molecule has 23 heavy (non-hydrogen) atoms. The average molecular weight is 397 g/mol. The van der Waals surface area contributed by atoms with Crippen LogP contribution < -0.4 is 5.43 Å². The van der Waals surface area contributed by atoms with Crippen LogP contribution in [0.3, 0.4) is 0 Å². The number of carbonyl (C=O) groups excluding carboxylic acids is 1. The SMILES string of the molecule is Cc1[nH]c(C2NN=C(CCl)O2)c(C)c1C(=O)c1cccc(Br)c1. The molecule has 3 rings (SSSR count). The Labute approximate surface area is 147 Å². The topological polar surface area (TPSA) is 66.5 Å². The highest BCUT2D eigenvalue weighted by atomic mass is 79.9. The molecule has 1 aliphatic rings. The smallest absolute Gasteiger partial charge is 0.227 e. The van der Waals surface area contributed by atoms with Crippen molar-refractivity contribution in [2.24, 2.45) is 5.10 Å². The van der Waals surface area contributed by atoms with Gasteiger partial charge in [-0.2, -0.15) is 0 Å². The molecule has 1 unspecified atom stereocenters. The molecule has 0 saturated heterocycles. The van der Waals surface area contributed by atoms with Gasteiger partial charge in [0.05, 0.1) is 5.69 Å². The lowest BCUT2D eigenvalue weighted by Crippen LogP contribution is -2.14. The first-order valence-corrected chi connectivity index (χ1v) is 8.38. The van der Waals surface area contributed by atoms with Gasteiger partial charge in [0.1, 0.15) is 5.88 Å². The number of aromatic nitrogens is 1. The number of H-pyrrole nitrogens is 1. The summed E-state index contributed by atoms with van der Waals surface area (Å²) in [6, 6.07) is 7.35. The molecular weight excluding hydrogens is 382 g/mol. The minimum Gasteiger partial charge on any atom is -0.447 e. The predicted octanol–water partition coefficient (Wildman–Crippen LogP) is 3.80. The van der Waals surface area contributed by atoms with E-state index < -0.39 is 6.23 Å². The molecule has 1 aromatic carbocycles. The molecule has 120 valence electrons. The van der Waals surface area contributed by atoms with E-state index in [0.717, 1.165) is 21.4 Å². The quantitative estimate of drug-likeness (QED) is 0.610. The minimum atomic E-state index is -0.452. The lowest BCUT2D eigenvalue weighted by atomic mass is 9.99. The number of aryl methyl sites for hydroxylation is 1. The molecule has 0 aliphatic carbocycles. The zero-order valence-corrected chi connectivity index (χ0v) is 15.0. The molecule has 0 fully saturated rings. The highest BCUT2D eigenvalue weighted by Crippen LogP contribution is 2.28. The fourth-order valence-electron chi connectivity index (χ4n) is 2.66. The van der Waals surface area contributed by atoms with E-state index >= 15 is 0 Å². The molecule has 2 N–H and O–H groups in total. The fourth-order valence-corrected chi connectivity index (χ4v) is 3.18. The van der Waals surface area contributed by atoms with Crippen molar-refractivity contribution < 1.29 is 9.53 Å². The Balaban J connectivity index is 1.94. The van der Waals surface area contributed by atoms with E-state index in [2.05, 4.69) is 31.4 Å². The first-order valence-electron chi connectivity index (χ1n) is 7.05. The number of nitrogens with one attached hydrogen (secondary N) is 2. The summed E-state index contributed by atoms with van der Waals surface area (Å²) in [5, 5.41) is 4.01. The first-order chi connectivity index (χ1) is 11.0. The number of ketones is 1. The lowest BCUT2D eigenvalue weighted by Gasteiger charge is -2.10. The summed E-state index contributed by atoms with van der Waals surface area (Å²) in [6.45, 7) is 3.77. The number of hydrogen-bond donors (Lipinski definition) is 2. The van der Waals surface area contributed by atoms with Gasteiger partial charge in [-0.3, -0.25) is 10.2 Å². The third-order valence-electron chi connectivity index (χ3n) is 3.73. The molecular formula is C16H15BrClN3O2. The van der Waals surface area contributed by atoms with E-state index in [4.69, 9.17) is 16.3 Å². The second-order valence-electron chi connectivity index (χ2n) is 5.27. The van der Waals surface area contributed by atoms with Crippen molar-refractivity contribution in [3.63, 3.8) is 0 Å². The van der Waals surface area contributed by atoms with Gasteiger partial charge in [-0.05, 0) is 31.5 Å². The van der Waals surface area contributed by atoms with Crippen molar-refractivity contribution >= 4 is 39.2 Å². The molecule has 1 aromatic heterocycles. The second-order valence-corrected chi connectivity index (χ2v) is 6.45. The number of carbonyl (C=O) groups is 1. The van der Waals surface area contributed by atoms with Gasteiger partial charge in [-0.25, -0.2) is 0 Å². The van der Waals surface area contributed by atoms with Crippen LogP contribution in [0.15, 0.2) is 33.8 Å². The highest BCUT2D eigenvalue weighted by Gasteiger charge is 2.28. The molecule has 0 bridgehead atoms. The van der Waals surface area contributed by atoms with Crippen LogP contribution in [-0.2, 0) is 4.74 Å². The molecule has 5 nitrogen and oxygen atoms in total. The van der Waals surface area contributed by atoms with Crippen LogP contribution in [0.5, 0.6) is 0 Å². The maximum Gasteiger partial charge on any atom is 0.227 e. The number of alkyl halides is 1. The molecule has 2 aromatic rings. The van der Waals surface area contributed by atoms with Gasteiger partial charge in [0, 0.05) is 21.3 Å². The van der Waals surface area contributed by atoms with Crippen LogP contribution in [0.1, 0.15) is 39.1 Å². The standard InChI is InChI=1S/C16H15BrClN3O2/c1-8-13(15(22)10-4-3-5-11(17)6-10)9(2)19-14(8)16-21-20-12(7-18)23-16/h3-6,16,19,21H,7H2,1-2H3. The monoisotopic (exact) mass is 395 g/mol. The summed E-state index contributed by atoms with van der Waals surface area (Å²) in [7, 11) is 0. The number of hydrogen-bond acceptors (Lipinski definition) is 4. The number of nitrogens with zero attached hydrogens (tertiary/aromatic N) is 1. The Morgan fingerprint density at radius 3 is 2.87 bits per heavy atom. The maximum atomic E-state index is 12.8. The third-order valence-corrected chi connectivity index (χ3v) is 4.45. The number of benzene rings is 1. The van der Waals surface area contributed by atoms with Gasteiger partial charge in [0.2, 0.25) is 12.1 Å². The van der Waals surface area contributed by atoms with Gasteiger partial charge >= 0.3 is 0 Å². The van der Waals surface area contributed by atoms with Gasteiger partial charge in [0.15, 0.2) is 5.78 Å². The Hall–Kier alpha value is -1.79. The van der Waals surface area contributed by atoms with Crippen molar-refractivity contribution in [1.82, 2.24) is 10.4 Å². The summed E-state index contributed by atoms with van der Waals surface area (Å²) >= 11 is 9.11. The normalized spacial score (nSPS) is 16.7. The third kappa shape index (κ3) is 3.01. The second kappa shape index (κ2) is 6.37. The predicted molar refractivity (Wildman–Crippen MR) is 93.0 cm³/mol. The molecule has 2 heterocycles. The van der Waals surface area contributed by atoms with Crippen LogP contribution in [0.2, 0.25) is 0 Å². The maximum absolute atomic E-state index is 12.8. The summed E-state index contributed by atoms with van der Waals surface area (Å²) in [6.07, 6.45) is -0.452. The number of rotatable bonds is 4. The van der Waals surface area contributed by atoms with Crippen molar-refractivity contribution in [2.45, 2.75) is 20.1 Å². The molecule has 0 spiro atoms. The van der Waals surface area contributed by atoms with E-state index in [-0.39, 0.29) is 11.7 Å². The van der Waals surface area contributed by atoms with Gasteiger partial charge in [-0.15, -0.1) is 16.7 Å². The van der Waals surface area contributed by atoms with E-state index in [1.54, 1.807) is 6.07 Å². The number of hydrazone groups is 1. The summed E-state index contributed by atoms with van der Waals surface area (Å²) in [5.74, 6) is 0.606. The summed E-state index contributed by atoms with van der Waals surface area (Å²) in [4.78, 5) is 16.1. The summed E-state index contributed by atoms with van der Waals surface area (Å²) < 4.78 is 6.48. The average Bonchev–Trinajstić information content (AvgIpc) is 3.11. The zero-order valence-electron chi connectivity index (χ0n) is 12.6. The fraction of sp³-hybridized carbons (Fsp3) is 0.250. The molecule has 0 amide bonds. The van der Waals surface area contributed by atoms with E-state index in [9.17, 15) is 4.79 Å². The van der Waals surface area contributed by atoms with Crippen molar-refractivity contribution in [1.29, 1.82) is 0 Å². The van der Waals surface area contributed by atoms with Crippen molar-refractivity contribution in [3.05, 3.63) is 56.8 Å². The van der Waals surface area contributed by atoms with Crippen LogP contribution in [0.25, 0.3) is 0 Å². The molecule has 0 radical (unpaired) electrons. The molecule has 1 atom stereocenters. The van der Waals surface area contributed by atoms with Crippen LogP contribution in [0, 0.1) is 13.8 Å². The number of ether oxygens (including phenoxy) is 1. The van der Waals surface area contributed by atoms with E-state index in [1.165, 1.54) is 0 Å². The minimum absolute atomic E-state index is 0.0275. The lowest BCUT2D eigenvalue weighted by molar-refractivity contribution is 0.103. The van der Waals surface area contributed by atoms with Crippen LogP contribution in [0.4, 0.5) is 0 Å². The van der Waals surface area contributed by atoms with Gasteiger partial charge in [0.25, 0.3) is 0 Å². The van der Waals surface area contributed by atoms with Crippen molar-refractivity contribution in [2.75, 3.05) is 5.88 Å². The molecule has 0 saturated carbocycles. The zero-order chi connectivity index (χ0) is 16.6. The summed E-state index contributed by atoms with van der Waals surface area (Å²) in [5.41, 5.74) is 6.59. The Bertz CT molecular complexity index is 801. The highest BCUT2D eigenvalue weighted by molar-refractivity contribution is 9.10. The molecule has 1 aliphatic heterocycles. The first kappa shape index (κ1) is 16.1. The van der Waals surface area contributed by atoms with Crippen LogP contribution >= 0.6 is 27.5 Å². The number of aromatic amines is 1. The Kier molecular flexibility index (Phi) is 4.46. The van der Waals surface area contributed by atoms with Crippen molar-refractivity contribution in [3.8, 4) is 0 Å². The Morgan fingerprint density at radius 2 is 2.22 bits per heavy atom. The molecule has 7 heteroatoms. The largest absolute Gasteiger partial charge is 0.447 e.